The van der Waals surface area contributed by atoms with Crippen molar-refractivity contribution in [3.63, 3.8) is 0 Å². The number of methoxy groups -OCH3 is 1. The molecule has 1 saturated carbocycles. The number of aromatic nitrogens is 4. The Morgan fingerprint density at radius 3 is 2.86 bits per heavy atom. The molecule has 2 aromatic rings. The van der Waals surface area contributed by atoms with Crippen LogP contribution in [-0.2, 0) is 11.2 Å². The lowest BCUT2D eigenvalue weighted by molar-refractivity contribution is -0.115. The highest BCUT2D eigenvalue weighted by molar-refractivity contribution is 5.91. The third-order valence-electron chi connectivity index (χ3n) is 5.14. The van der Waals surface area contributed by atoms with Gasteiger partial charge in [-0.3, -0.25) is 14.9 Å². The van der Waals surface area contributed by atoms with Gasteiger partial charge in [-0.25, -0.2) is 9.78 Å². The van der Waals surface area contributed by atoms with E-state index in [0.29, 0.717) is 29.2 Å². The molecule has 2 amide bonds. The zero-order valence-electron chi connectivity index (χ0n) is 16.5. The summed E-state index contributed by atoms with van der Waals surface area (Å²) < 4.78 is 4.95. The molecule has 29 heavy (non-hydrogen) atoms. The predicted molar refractivity (Wildman–Crippen MR) is 105 cm³/mol. The van der Waals surface area contributed by atoms with E-state index in [4.69, 9.17) is 9.84 Å². The third kappa shape index (κ3) is 5.90. The van der Waals surface area contributed by atoms with E-state index in [9.17, 15) is 9.59 Å². The summed E-state index contributed by atoms with van der Waals surface area (Å²) in [5.41, 5.74) is 1.53. The summed E-state index contributed by atoms with van der Waals surface area (Å²) in [6, 6.07) is 1.80. The quantitative estimate of drug-likeness (QED) is 0.531. The van der Waals surface area contributed by atoms with Gasteiger partial charge >= 0.3 is 6.09 Å². The average Bonchev–Trinajstić information content (AvgIpc) is 3.31. The number of carbonyl (C=O) groups excluding carboxylic acids is 1. The van der Waals surface area contributed by atoms with Crippen LogP contribution in [0.25, 0.3) is 0 Å². The number of rotatable bonds is 8. The molecule has 4 N–H and O–H groups in total. The molecule has 3 atom stereocenters. The number of amides is 2. The number of carbonyl (C=O) groups is 2. The number of aromatic amines is 1. The monoisotopic (exact) mass is 402 g/mol. The smallest absolute Gasteiger partial charge is 0.404 e. The number of hydrogen-bond donors (Lipinski definition) is 4. The highest BCUT2D eigenvalue weighted by atomic mass is 16.5. The molecule has 1 aliphatic carbocycles. The van der Waals surface area contributed by atoms with Crippen LogP contribution in [0.1, 0.15) is 49.9 Å². The van der Waals surface area contributed by atoms with E-state index in [0.717, 1.165) is 31.4 Å². The summed E-state index contributed by atoms with van der Waals surface area (Å²) in [5, 5.41) is 21.3. The second-order valence-electron chi connectivity index (χ2n) is 7.45. The first-order valence-electron chi connectivity index (χ1n) is 9.62. The normalized spacial score (nSPS) is 19.5. The Balaban J connectivity index is 1.48. The van der Waals surface area contributed by atoms with E-state index < -0.39 is 6.09 Å². The molecular formula is C19H26N6O4. The second kappa shape index (κ2) is 9.35. The molecule has 2 aromatic heterocycles. The lowest BCUT2D eigenvalue weighted by Gasteiger charge is -2.16. The summed E-state index contributed by atoms with van der Waals surface area (Å²) >= 11 is 0. The largest absolute Gasteiger partial charge is 0.480 e. The van der Waals surface area contributed by atoms with Gasteiger partial charge in [-0.05, 0) is 38.5 Å². The maximum absolute atomic E-state index is 12.2. The average molecular weight is 402 g/mol. The highest BCUT2D eigenvalue weighted by Gasteiger charge is 2.28. The van der Waals surface area contributed by atoms with Crippen LogP contribution in [0.5, 0.6) is 5.88 Å². The Labute approximate surface area is 168 Å². The Bertz CT molecular complexity index is 837. The van der Waals surface area contributed by atoms with Crippen molar-refractivity contribution in [2.24, 2.45) is 5.92 Å². The summed E-state index contributed by atoms with van der Waals surface area (Å²) in [6.07, 6.45) is 5.95. The molecule has 0 radical (unpaired) electrons. The van der Waals surface area contributed by atoms with Crippen molar-refractivity contribution in [1.29, 1.82) is 0 Å². The fourth-order valence-corrected chi connectivity index (χ4v) is 3.84. The van der Waals surface area contributed by atoms with Crippen molar-refractivity contribution in [2.45, 2.75) is 51.0 Å². The second-order valence-corrected chi connectivity index (χ2v) is 7.45. The number of nitrogens with zero attached hydrogens (tertiary/aromatic N) is 3. The van der Waals surface area contributed by atoms with Gasteiger partial charge in [-0.1, -0.05) is 0 Å². The van der Waals surface area contributed by atoms with Gasteiger partial charge in [0.05, 0.1) is 31.6 Å². The van der Waals surface area contributed by atoms with Gasteiger partial charge in [-0.15, -0.1) is 0 Å². The fourth-order valence-electron chi connectivity index (χ4n) is 3.84. The highest BCUT2D eigenvalue weighted by Crippen LogP contribution is 2.40. The van der Waals surface area contributed by atoms with Crippen LogP contribution in [0.2, 0.25) is 0 Å². The molecule has 3 unspecified atom stereocenters. The van der Waals surface area contributed by atoms with Gasteiger partial charge in [-0.2, -0.15) is 5.10 Å². The van der Waals surface area contributed by atoms with Crippen molar-refractivity contribution in [1.82, 2.24) is 25.5 Å². The zero-order valence-corrected chi connectivity index (χ0v) is 16.5. The number of ether oxygens (including phenoxy) is 1. The first kappa shape index (κ1) is 20.6. The van der Waals surface area contributed by atoms with E-state index in [-0.39, 0.29) is 18.4 Å². The molecule has 2 heterocycles. The molecule has 10 heteroatoms. The van der Waals surface area contributed by atoms with Crippen LogP contribution in [0.15, 0.2) is 18.5 Å². The van der Waals surface area contributed by atoms with E-state index in [1.165, 1.54) is 19.5 Å². The molecule has 10 nitrogen and oxygen atoms in total. The van der Waals surface area contributed by atoms with Crippen LogP contribution < -0.4 is 15.4 Å². The Hall–Kier alpha value is -3.17. The van der Waals surface area contributed by atoms with Crippen molar-refractivity contribution in [2.75, 3.05) is 12.4 Å². The Morgan fingerprint density at radius 1 is 1.34 bits per heavy atom. The predicted octanol–water partition coefficient (Wildman–Crippen LogP) is 2.32. The minimum absolute atomic E-state index is 0.0612. The van der Waals surface area contributed by atoms with Gasteiger partial charge in [0.2, 0.25) is 11.8 Å². The van der Waals surface area contributed by atoms with Crippen LogP contribution in [0.3, 0.4) is 0 Å². The van der Waals surface area contributed by atoms with Gasteiger partial charge < -0.3 is 20.5 Å². The van der Waals surface area contributed by atoms with Crippen molar-refractivity contribution < 1.29 is 19.4 Å². The van der Waals surface area contributed by atoms with Crippen LogP contribution in [-0.4, -0.2) is 50.4 Å². The maximum atomic E-state index is 12.2. The molecular weight excluding hydrogens is 376 g/mol. The molecule has 0 bridgehead atoms. The lowest BCUT2D eigenvalue weighted by Crippen LogP contribution is -2.32. The van der Waals surface area contributed by atoms with Gasteiger partial charge in [0.15, 0.2) is 5.82 Å². The maximum Gasteiger partial charge on any atom is 0.404 e. The molecule has 3 rings (SSSR count). The summed E-state index contributed by atoms with van der Waals surface area (Å²) in [7, 11) is 1.51. The van der Waals surface area contributed by atoms with Crippen molar-refractivity contribution in [3.05, 3.63) is 29.8 Å². The number of anilines is 1. The Morgan fingerprint density at radius 2 is 2.17 bits per heavy atom. The minimum Gasteiger partial charge on any atom is -0.480 e. The lowest BCUT2D eigenvalue weighted by atomic mass is 9.96. The van der Waals surface area contributed by atoms with Crippen molar-refractivity contribution >= 4 is 17.8 Å². The topological polar surface area (TPSA) is 142 Å². The molecule has 1 aliphatic rings. The van der Waals surface area contributed by atoms with Gasteiger partial charge in [0, 0.05) is 23.7 Å². The fraction of sp³-hybridized carbons (Fsp3) is 0.526. The zero-order chi connectivity index (χ0) is 20.8. The molecule has 0 aromatic carbocycles. The first-order chi connectivity index (χ1) is 13.9. The summed E-state index contributed by atoms with van der Waals surface area (Å²) in [5.74, 6) is 1.46. The Kier molecular flexibility index (Phi) is 6.63. The SMILES string of the molecule is COc1cnc(CC(=O)Nc2cc(C3CCC(CC(C)NC(=O)O)C3)[nH]n2)cn1. The number of carboxylic acid groups (broad SMARTS) is 1. The number of nitrogens with one attached hydrogen (secondary N) is 3. The third-order valence-corrected chi connectivity index (χ3v) is 5.14. The minimum atomic E-state index is -0.985. The number of hydrogen-bond acceptors (Lipinski definition) is 6. The molecule has 156 valence electrons. The first-order valence-corrected chi connectivity index (χ1v) is 9.62. The van der Waals surface area contributed by atoms with E-state index in [1.54, 1.807) is 0 Å². The van der Waals surface area contributed by atoms with E-state index in [1.807, 2.05) is 13.0 Å². The molecule has 1 fully saturated rings. The summed E-state index contributed by atoms with van der Waals surface area (Å²) in [6.45, 7) is 1.89. The van der Waals surface area contributed by atoms with Crippen molar-refractivity contribution in [3.8, 4) is 5.88 Å². The summed E-state index contributed by atoms with van der Waals surface area (Å²) in [4.78, 5) is 31.1. The van der Waals surface area contributed by atoms with Crippen LogP contribution >= 0.6 is 0 Å². The van der Waals surface area contributed by atoms with E-state index >= 15 is 0 Å². The van der Waals surface area contributed by atoms with Gasteiger partial charge in [0.25, 0.3) is 0 Å². The standard InChI is InChI=1S/C19H26N6O4/c1-11(22-19(27)28)5-12-3-4-13(6-12)15-8-16(25-24-15)23-17(26)7-14-9-21-18(29-2)10-20-14/h8-13,22H,3-7H2,1-2H3,(H,27,28)(H2,23,24,25,26). The van der Waals surface area contributed by atoms with Crippen LogP contribution in [0.4, 0.5) is 10.6 Å². The molecule has 0 aliphatic heterocycles. The van der Waals surface area contributed by atoms with Crippen LogP contribution in [0, 0.1) is 5.92 Å². The van der Waals surface area contributed by atoms with E-state index in [2.05, 4.69) is 30.8 Å². The molecule has 0 saturated heterocycles. The number of H-pyrrole nitrogens is 1. The molecule has 0 spiro atoms. The van der Waals surface area contributed by atoms with Gasteiger partial charge in [0.1, 0.15) is 0 Å².